The summed E-state index contributed by atoms with van der Waals surface area (Å²) in [6.07, 6.45) is 0. The number of hydrogen-bond acceptors (Lipinski definition) is 4. The third-order valence-electron chi connectivity index (χ3n) is 1.88. The van der Waals surface area contributed by atoms with Gasteiger partial charge in [-0.2, -0.15) is 0 Å². The maximum atomic E-state index is 5.22. The molecule has 16 heavy (non-hydrogen) atoms. The molecule has 0 amide bonds. The molecule has 0 spiro atoms. The molecule has 2 aromatic rings. The molecule has 0 bridgehead atoms. The predicted octanol–water partition coefficient (Wildman–Crippen LogP) is 4.42. The van der Waals surface area contributed by atoms with Crippen molar-refractivity contribution in [1.29, 1.82) is 0 Å². The van der Waals surface area contributed by atoms with Crippen LogP contribution in [0.25, 0.3) is 0 Å². The minimum absolute atomic E-state index is 0.792. The number of nitrogens with zero attached hydrogens (tertiary/aromatic N) is 1. The number of anilines is 2. The number of benzene rings is 1. The van der Waals surface area contributed by atoms with Crippen LogP contribution in [0, 0.1) is 0 Å². The summed E-state index contributed by atoms with van der Waals surface area (Å²) >= 11 is 8.26. The van der Waals surface area contributed by atoms with Crippen molar-refractivity contribution in [3.8, 4) is 5.75 Å². The molecule has 6 heteroatoms. The van der Waals surface area contributed by atoms with E-state index in [0.717, 1.165) is 25.6 Å². The Balaban J connectivity index is 2.21. The van der Waals surface area contributed by atoms with Gasteiger partial charge in [-0.05, 0) is 44.0 Å². The molecule has 0 atom stereocenters. The molecule has 0 saturated carbocycles. The van der Waals surface area contributed by atoms with E-state index < -0.39 is 0 Å². The number of nitrogens with one attached hydrogen (secondary N) is 1. The average molecular weight is 364 g/mol. The summed E-state index contributed by atoms with van der Waals surface area (Å²) < 4.78 is 6.98. The summed E-state index contributed by atoms with van der Waals surface area (Å²) in [5.74, 6) is 0.792. The molecule has 0 aliphatic rings. The van der Waals surface area contributed by atoms with Gasteiger partial charge in [0.25, 0.3) is 0 Å². The zero-order valence-electron chi connectivity index (χ0n) is 8.33. The fraction of sp³-hybridized carbons (Fsp3) is 0.100. The third kappa shape index (κ3) is 2.75. The maximum absolute atomic E-state index is 5.22. The molecule has 1 heterocycles. The molecule has 0 radical (unpaired) electrons. The summed E-state index contributed by atoms with van der Waals surface area (Å²) in [5, 5.41) is 5.98. The Kier molecular flexibility index (Phi) is 3.83. The first kappa shape index (κ1) is 11.9. The standard InChI is InChI=1S/C10H8Br2N2OS/c1-15-8-4-6(2-3-7(8)11)13-10-14-9(12)5-16-10/h2-5H,1H3,(H,13,14). The topological polar surface area (TPSA) is 34.1 Å². The minimum Gasteiger partial charge on any atom is -0.495 e. The van der Waals surface area contributed by atoms with Crippen LogP contribution in [0.3, 0.4) is 0 Å². The van der Waals surface area contributed by atoms with E-state index in [1.54, 1.807) is 18.4 Å². The number of aromatic nitrogens is 1. The second-order valence-electron chi connectivity index (χ2n) is 2.95. The van der Waals surface area contributed by atoms with Gasteiger partial charge < -0.3 is 10.1 Å². The van der Waals surface area contributed by atoms with Crippen LogP contribution in [0.1, 0.15) is 0 Å². The van der Waals surface area contributed by atoms with Gasteiger partial charge in [0.05, 0.1) is 11.6 Å². The molecule has 1 aromatic heterocycles. The first-order valence-electron chi connectivity index (χ1n) is 4.40. The Morgan fingerprint density at radius 1 is 1.38 bits per heavy atom. The number of ether oxygens (including phenoxy) is 1. The molecule has 84 valence electrons. The molecule has 0 fully saturated rings. The van der Waals surface area contributed by atoms with Crippen LogP contribution >= 0.6 is 43.2 Å². The SMILES string of the molecule is COc1cc(Nc2nc(Br)cs2)ccc1Br. The van der Waals surface area contributed by atoms with E-state index in [4.69, 9.17) is 4.74 Å². The predicted molar refractivity (Wildman–Crippen MR) is 73.8 cm³/mol. The third-order valence-corrected chi connectivity index (χ3v) is 4.00. The van der Waals surface area contributed by atoms with Crippen LogP contribution in [0.2, 0.25) is 0 Å². The van der Waals surface area contributed by atoms with Crippen molar-refractivity contribution in [2.45, 2.75) is 0 Å². The Morgan fingerprint density at radius 3 is 2.81 bits per heavy atom. The molecule has 1 N–H and O–H groups in total. The van der Waals surface area contributed by atoms with Crippen LogP contribution in [-0.2, 0) is 0 Å². The summed E-state index contributed by atoms with van der Waals surface area (Å²) in [6, 6.07) is 5.81. The summed E-state index contributed by atoms with van der Waals surface area (Å²) in [6.45, 7) is 0. The summed E-state index contributed by atoms with van der Waals surface area (Å²) in [7, 11) is 1.64. The van der Waals surface area contributed by atoms with Gasteiger partial charge in [-0.15, -0.1) is 11.3 Å². The van der Waals surface area contributed by atoms with E-state index in [2.05, 4.69) is 42.2 Å². The second kappa shape index (κ2) is 5.16. The number of hydrogen-bond donors (Lipinski definition) is 1. The molecule has 0 unspecified atom stereocenters. The molecule has 3 nitrogen and oxygen atoms in total. The Labute approximate surface area is 114 Å². The summed E-state index contributed by atoms with van der Waals surface area (Å²) in [5.41, 5.74) is 0.946. The van der Waals surface area contributed by atoms with Gasteiger partial charge in [0, 0.05) is 17.1 Å². The smallest absolute Gasteiger partial charge is 0.188 e. The van der Waals surface area contributed by atoms with Crippen molar-refractivity contribution in [3.63, 3.8) is 0 Å². The molecule has 0 aliphatic carbocycles. The van der Waals surface area contributed by atoms with Gasteiger partial charge >= 0.3 is 0 Å². The minimum atomic E-state index is 0.792. The Morgan fingerprint density at radius 2 is 2.19 bits per heavy atom. The molecule has 0 saturated heterocycles. The number of halogens is 2. The van der Waals surface area contributed by atoms with Gasteiger partial charge in [-0.3, -0.25) is 0 Å². The van der Waals surface area contributed by atoms with Crippen molar-refractivity contribution in [2.75, 3.05) is 12.4 Å². The molecule has 1 aromatic carbocycles. The highest BCUT2D eigenvalue weighted by molar-refractivity contribution is 9.10. The molecule has 2 rings (SSSR count). The zero-order chi connectivity index (χ0) is 11.5. The van der Waals surface area contributed by atoms with E-state index >= 15 is 0 Å². The van der Waals surface area contributed by atoms with Crippen molar-refractivity contribution in [1.82, 2.24) is 4.98 Å². The van der Waals surface area contributed by atoms with Crippen molar-refractivity contribution < 1.29 is 4.74 Å². The monoisotopic (exact) mass is 362 g/mol. The van der Waals surface area contributed by atoms with E-state index in [9.17, 15) is 0 Å². The van der Waals surface area contributed by atoms with Gasteiger partial charge in [0.15, 0.2) is 5.13 Å². The van der Waals surface area contributed by atoms with Gasteiger partial charge in [-0.25, -0.2) is 4.98 Å². The highest BCUT2D eigenvalue weighted by atomic mass is 79.9. The second-order valence-corrected chi connectivity index (χ2v) is 5.47. The van der Waals surface area contributed by atoms with Crippen molar-refractivity contribution in [2.24, 2.45) is 0 Å². The fourth-order valence-corrected chi connectivity index (χ4v) is 2.75. The van der Waals surface area contributed by atoms with Crippen molar-refractivity contribution >= 4 is 54.0 Å². The molecule has 0 aliphatic heterocycles. The van der Waals surface area contributed by atoms with Crippen LogP contribution in [0.4, 0.5) is 10.8 Å². The zero-order valence-corrected chi connectivity index (χ0v) is 12.3. The lowest BCUT2D eigenvalue weighted by atomic mass is 10.3. The normalized spacial score (nSPS) is 10.2. The lowest BCUT2D eigenvalue weighted by Crippen LogP contribution is -1.91. The number of rotatable bonds is 3. The average Bonchev–Trinajstić information content (AvgIpc) is 2.67. The maximum Gasteiger partial charge on any atom is 0.188 e. The van der Waals surface area contributed by atoms with Crippen LogP contribution in [0.5, 0.6) is 5.75 Å². The van der Waals surface area contributed by atoms with Gasteiger partial charge in [0.1, 0.15) is 10.4 Å². The van der Waals surface area contributed by atoms with Crippen molar-refractivity contribution in [3.05, 3.63) is 32.7 Å². The van der Waals surface area contributed by atoms with Crippen LogP contribution in [-0.4, -0.2) is 12.1 Å². The fourth-order valence-electron chi connectivity index (χ4n) is 1.17. The lowest BCUT2D eigenvalue weighted by Gasteiger charge is -2.07. The van der Waals surface area contributed by atoms with Crippen LogP contribution in [0.15, 0.2) is 32.7 Å². The number of thiazole rings is 1. The molecular formula is C10H8Br2N2OS. The highest BCUT2D eigenvalue weighted by Gasteiger charge is 2.03. The lowest BCUT2D eigenvalue weighted by molar-refractivity contribution is 0.412. The Hall–Kier alpha value is -0.590. The van der Waals surface area contributed by atoms with E-state index in [-0.39, 0.29) is 0 Å². The first-order chi connectivity index (χ1) is 7.69. The van der Waals surface area contributed by atoms with E-state index in [1.165, 1.54) is 0 Å². The Bertz CT molecular complexity index is 501. The molecular weight excluding hydrogens is 356 g/mol. The van der Waals surface area contributed by atoms with E-state index in [0.29, 0.717) is 0 Å². The number of methoxy groups -OCH3 is 1. The van der Waals surface area contributed by atoms with Gasteiger partial charge in [-0.1, -0.05) is 0 Å². The van der Waals surface area contributed by atoms with Gasteiger partial charge in [0.2, 0.25) is 0 Å². The first-order valence-corrected chi connectivity index (χ1v) is 6.87. The van der Waals surface area contributed by atoms with E-state index in [1.807, 2.05) is 23.6 Å². The quantitative estimate of drug-likeness (QED) is 0.876. The summed E-state index contributed by atoms with van der Waals surface area (Å²) in [4.78, 5) is 4.26. The largest absolute Gasteiger partial charge is 0.495 e. The van der Waals surface area contributed by atoms with Crippen LogP contribution < -0.4 is 10.1 Å². The highest BCUT2D eigenvalue weighted by Crippen LogP contribution is 2.30.